The largest absolute Gasteiger partial charge is 0.305 e. The molecule has 1 N–H and O–H groups in total. The molecular weight excluding hydrogens is 257 g/mol. The minimum Gasteiger partial charge on any atom is -0.305 e. The van der Waals surface area contributed by atoms with Gasteiger partial charge in [-0.25, -0.2) is 4.39 Å². The van der Waals surface area contributed by atoms with Gasteiger partial charge in [0.05, 0.1) is 0 Å². The van der Waals surface area contributed by atoms with Gasteiger partial charge in [0.15, 0.2) is 0 Å². The minimum atomic E-state index is -0.261. The topological polar surface area (TPSA) is 12.0 Å². The molecule has 0 bridgehead atoms. The van der Waals surface area contributed by atoms with E-state index in [0.29, 0.717) is 17.1 Å². The number of hydrogen-bond donors (Lipinski definition) is 1. The summed E-state index contributed by atoms with van der Waals surface area (Å²) < 4.78 is 13.5. The zero-order valence-corrected chi connectivity index (χ0v) is 11.0. The van der Waals surface area contributed by atoms with Crippen LogP contribution in [-0.2, 0) is 6.54 Å². The monoisotopic (exact) mass is 269 g/mol. The first-order valence-corrected chi connectivity index (χ1v) is 6.63. The predicted molar refractivity (Wildman–Crippen MR) is 71.0 cm³/mol. The van der Waals surface area contributed by atoms with Crippen LogP contribution in [0.3, 0.4) is 0 Å². The van der Waals surface area contributed by atoms with Crippen LogP contribution in [0.4, 0.5) is 4.39 Å². The lowest BCUT2D eigenvalue weighted by atomic mass is 10.2. The zero-order valence-electron chi connectivity index (χ0n) is 9.41. The van der Waals surface area contributed by atoms with E-state index >= 15 is 0 Å². The number of rotatable bonds is 4. The Balaban J connectivity index is 1.98. The summed E-state index contributed by atoms with van der Waals surface area (Å²) in [6.07, 6.45) is 0. The molecular formula is C13H13ClFNS. The van der Waals surface area contributed by atoms with Crippen molar-refractivity contribution >= 4 is 22.9 Å². The number of nitrogens with one attached hydrogen (secondary N) is 1. The van der Waals surface area contributed by atoms with Crippen LogP contribution in [0, 0.1) is 5.82 Å². The van der Waals surface area contributed by atoms with Crippen molar-refractivity contribution < 1.29 is 4.39 Å². The molecule has 4 heteroatoms. The fourth-order valence-electron chi connectivity index (χ4n) is 1.57. The first-order valence-electron chi connectivity index (χ1n) is 5.37. The average Bonchev–Trinajstić information content (AvgIpc) is 2.81. The molecule has 1 atom stereocenters. The maximum absolute atomic E-state index is 13.5. The van der Waals surface area contributed by atoms with Crippen molar-refractivity contribution in [2.75, 3.05) is 0 Å². The van der Waals surface area contributed by atoms with Crippen molar-refractivity contribution in [1.82, 2.24) is 5.32 Å². The van der Waals surface area contributed by atoms with E-state index < -0.39 is 0 Å². The third kappa shape index (κ3) is 3.28. The van der Waals surface area contributed by atoms with E-state index in [0.717, 1.165) is 0 Å². The van der Waals surface area contributed by atoms with E-state index in [4.69, 9.17) is 11.6 Å². The molecule has 0 aliphatic rings. The molecule has 17 heavy (non-hydrogen) atoms. The van der Waals surface area contributed by atoms with Crippen molar-refractivity contribution in [2.45, 2.75) is 19.5 Å². The van der Waals surface area contributed by atoms with Gasteiger partial charge in [0.1, 0.15) is 5.82 Å². The Hall–Kier alpha value is -0.900. The molecule has 0 fully saturated rings. The second kappa shape index (κ2) is 5.63. The van der Waals surface area contributed by atoms with Crippen LogP contribution in [-0.4, -0.2) is 0 Å². The lowest BCUT2D eigenvalue weighted by molar-refractivity contribution is 0.549. The Morgan fingerprint density at radius 3 is 2.88 bits per heavy atom. The first kappa shape index (κ1) is 12.6. The molecule has 2 aromatic rings. The summed E-state index contributed by atoms with van der Waals surface area (Å²) in [5.74, 6) is -0.261. The Kier molecular flexibility index (Phi) is 4.15. The molecule has 0 unspecified atom stereocenters. The first-order chi connectivity index (χ1) is 8.16. The van der Waals surface area contributed by atoms with Crippen LogP contribution in [0.1, 0.15) is 23.4 Å². The SMILES string of the molecule is C[C@H](NCc1ccc(Cl)cc1F)c1cccs1. The van der Waals surface area contributed by atoms with Crippen molar-refractivity contribution in [1.29, 1.82) is 0 Å². The van der Waals surface area contributed by atoms with Gasteiger partial charge in [-0.15, -0.1) is 11.3 Å². The van der Waals surface area contributed by atoms with E-state index in [-0.39, 0.29) is 11.9 Å². The van der Waals surface area contributed by atoms with Gasteiger partial charge in [-0.3, -0.25) is 0 Å². The van der Waals surface area contributed by atoms with Crippen molar-refractivity contribution in [3.63, 3.8) is 0 Å². The van der Waals surface area contributed by atoms with E-state index in [1.165, 1.54) is 10.9 Å². The fraction of sp³-hybridized carbons (Fsp3) is 0.231. The molecule has 90 valence electrons. The molecule has 2 rings (SSSR count). The molecule has 0 saturated heterocycles. The summed E-state index contributed by atoms with van der Waals surface area (Å²) in [5.41, 5.74) is 0.637. The fourth-order valence-corrected chi connectivity index (χ4v) is 2.48. The van der Waals surface area contributed by atoms with E-state index in [1.54, 1.807) is 23.5 Å². The molecule has 0 spiro atoms. The molecule has 0 saturated carbocycles. The van der Waals surface area contributed by atoms with E-state index in [2.05, 4.69) is 18.3 Å². The zero-order chi connectivity index (χ0) is 12.3. The molecule has 1 heterocycles. The van der Waals surface area contributed by atoms with Gasteiger partial charge >= 0.3 is 0 Å². The smallest absolute Gasteiger partial charge is 0.129 e. The summed E-state index contributed by atoms with van der Waals surface area (Å²) in [5, 5.41) is 5.76. The van der Waals surface area contributed by atoms with Crippen LogP contribution in [0.25, 0.3) is 0 Å². The maximum atomic E-state index is 13.5. The van der Waals surface area contributed by atoms with Gasteiger partial charge in [-0.1, -0.05) is 23.7 Å². The highest BCUT2D eigenvalue weighted by Crippen LogP contribution is 2.20. The van der Waals surface area contributed by atoms with Crippen molar-refractivity contribution in [3.8, 4) is 0 Å². The van der Waals surface area contributed by atoms with Crippen LogP contribution in [0.2, 0.25) is 5.02 Å². The van der Waals surface area contributed by atoms with Gasteiger partial charge in [0, 0.05) is 28.0 Å². The third-order valence-corrected chi connectivity index (χ3v) is 3.87. The van der Waals surface area contributed by atoms with E-state index in [1.807, 2.05) is 11.4 Å². The number of benzene rings is 1. The van der Waals surface area contributed by atoms with Gasteiger partial charge < -0.3 is 5.32 Å². The number of thiophene rings is 1. The van der Waals surface area contributed by atoms with Crippen LogP contribution in [0.15, 0.2) is 35.7 Å². The second-order valence-electron chi connectivity index (χ2n) is 3.85. The lowest BCUT2D eigenvalue weighted by Gasteiger charge is -2.12. The van der Waals surface area contributed by atoms with Gasteiger partial charge in [-0.2, -0.15) is 0 Å². The normalized spacial score (nSPS) is 12.6. The summed E-state index contributed by atoms with van der Waals surface area (Å²) in [6.45, 7) is 2.57. The number of halogens is 2. The van der Waals surface area contributed by atoms with Crippen molar-refractivity contribution in [2.24, 2.45) is 0 Å². The van der Waals surface area contributed by atoms with E-state index in [9.17, 15) is 4.39 Å². The highest BCUT2D eigenvalue weighted by atomic mass is 35.5. The molecule has 1 aromatic carbocycles. The Morgan fingerprint density at radius 2 is 2.24 bits per heavy atom. The van der Waals surface area contributed by atoms with Crippen LogP contribution < -0.4 is 5.32 Å². The summed E-state index contributed by atoms with van der Waals surface area (Å²) >= 11 is 7.40. The summed E-state index contributed by atoms with van der Waals surface area (Å²) in [7, 11) is 0. The third-order valence-electron chi connectivity index (χ3n) is 2.58. The molecule has 1 aromatic heterocycles. The van der Waals surface area contributed by atoms with Gasteiger partial charge in [-0.05, 0) is 30.5 Å². The highest BCUT2D eigenvalue weighted by Gasteiger charge is 2.07. The summed E-state index contributed by atoms with van der Waals surface area (Å²) in [6, 6.07) is 9.07. The highest BCUT2D eigenvalue weighted by molar-refractivity contribution is 7.10. The summed E-state index contributed by atoms with van der Waals surface area (Å²) in [4.78, 5) is 1.25. The Labute approximate surface area is 109 Å². The predicted octanol–water partition coefficient (Wildman–Crippen LogP) is 4.39. The second-order valence-corrected chi connectivity index (χ2v) is 5.27. The lowest BCUT2D eigenvalue weighted by Crippen LogP contribution is -2.17. The minimum absolute atomic E-state index is 0.227. The van der Waals surface area contributed by atoms with Gasteiger partial charge in [0.25, 0.3) is 0 Å². The quantitative estimate of drug-likeness (QED) is 0.868. The molecule has 0 radical (unpaired) electrons. The Morgan fingerprint density at radius 1 is 1.41 bits per heavy atom. The molecule has 1 nitrogen and oxygen atoms in total. The van der Waals surface area contributed by atoms with Crippen LogP contribution >= 0.6 is 22.9 Å². The molecule has 0 aliphatic carbocycles. The number of hydrogen-bond acceptors (Lipinski definition) is 2. The molecule has 0 amide bonds. The van der Waals surface area contributed by atoms with Gasteiger partial charge in [0.2, 0.25) is 0 Å². The standard InChI is InChI=1S/C13H13ClFNS/c1-9(13-3-2-6-17-13)16-8-10-4-5-11(14)7-12(10)15/h2-7,9,16H,8H2,1H3/t9-/m0/s1. The Bertz CT molecular complexity index is 484. The van der Waals surface area contributed by atoms with Crippen molar-refractivity contribution in [3.05, 3.63) is 57.0 Å². The maximum Gasteiger partial charge on any atom is 0.129 e. The average molecular weight is 270 g/mol. The van der Waals surface area contributed by atoms with Crippen LogP contribution in [0.5, 0.6) is 0 Å². The molecule has 0 aliphatic heterocycles.